The first kappa shape index (κ1) is 23.7. The molecule has 1 aliphatic heterocycles. The summed E-state index contributed by atoms with van der Waals surface area (Å²) in [5.74, 6) is -1.59. The van der Waals surface area contributed by atoms with E-state index in [-0.39, 0.29) is 29.5 Å². The molecule has 0 bridgehead atoms. The normalized spacial score (nSPS) is 15.2. The van der Waals surface area contributed by atoms with Crippen molar-refractivity contribution in [2.24, 2.45) is 0 Å². The smallest absolute Gasteiger partial charge is 0.261 e. The molecule has 2 aromatic rings. The van der Waals surface area contributed by atoms with Crippen molar-refractivity contribution in [3.8, 4) is 0 Å². The highest BCUT2D eigenvalue weighted by Gasteiger charge is 2.39. The second kappa shape index (κ2) is 9.70. The van der Waals surface area contributed by atoms with E-state index in [9.17, 15) is 22.8 Å². The van der Waals surface area contributed by atoms with E-state index in [4.69, 9.17) is 11.6 Å². The van der Waals surface area contributed by atoms with Gasteiger partial charge >= 0.3 is 0 Å². The van der Waals surface area contributed by atoms with Gasteiger partial charge in [-0.3, -0.25) is 14.4 Å². The summed E-state index contributed by atoms with van der Waals surface area (Å²) in [5, 5.41) is 0.876. The summed E-state index contributed by atoms with van der Waals surface area (Å²) in [6.45, 7) is 4.18. The first-order valence-electron chi connectivity index (χ1n) is 10.0. The molecular formula is C22H24ClN3O5S. The molecule has 3 rings (SSSR count). The average Bonchev–Trinajstić information content (AvgIpc) is 2.77. The van der Waals surface area contributed by atoms with Gasteiger partial charge in [0, 0.05) is 43.7 Å². The Kier molecular flexibility index (Phi) is 7.20. The maximum Gasteiger partial charge on any atom is 0.261 e. The van der Waals surface area contributed by atoms with Gasteiger partial charge in [-0.25, -0.2) is 8.42 Å². The molecule has 32 heavy (non-hydrogen) atoms. The number of benzene rings is 2. The summed E-state index contributed by atoms with van der Waals surface area (Å²) >= 11 is 5.94. The number of hydrogen-bond acceptors (Lipinski definition) is 5. The zero-order chi connectivity index (χ0) is 23.5. The van der Waals surface area contributed by atoms with Crippen LogP contribution in [0.15, 0.2) is 53.4 Å². The van der Waals surface area contributed by atoms with Crippen molar-refractivity contribution in [3.05, 3.63) is 64.7 Å². The number of carbonyl (C=O) groups excluding carboxylic acids is 3. The molecule has 1 N–H and O–H groups in total. The van der Waals surface area contributed by atoms with Crippen molar-refractivity contribution in [2.45, 2.75) is 24.1 Å². The average molecular weight is 478 g/mol. The number of amides is 3. The van der Waals surface area contributed by atoms with Crippen LogP contribution in [0.1, 0.15) is 22.8 Å². The predicted octanol–water partition coefficient (Wildman–Crippen LogP) is 1.87. The van der Waals surface area contributed by atoms with E-state index in [0.717, 1.165) is 5.56 Å². The number of aryl methyl sites for hydroxylation is 1. The maximum atomic E-state index is 13.4. The van der Waals surface area contributed by atoms with Crippen LogP contribution in [-0.2, 0) is 19.4 Å². The highest BCUT2D eigenvalue weighted by molar-refractivity contribution is 7.92. The number of rotatable bonds is 5. The Morgan fingerprint density at radius 1 is 0.969 bits per heavy atom. The van der Waals surface area contributed by atoms with E-state index in [1.807, 2.05) is 6.92 Å². The standard InChI is InChI=1S/C22H24ClN3O5S/c1-15-6-8-19(9-7-15)32(30,31)21(24-20(28)17-4-3-5-18(23)14-17)22(29)26-12-10-25(11-13-26)16(2)27/h3-9,14,21H,10-13H2,1-2H3,(H,24,28)/t21-/m0/s1. The molecule has 1 aliphatic rings. The Bertz CT molecular complexity index is 1130. The maximum absolute atomic E-state index is 13.4. The molecule has 0 aromatic heterocycles. The van der Waals surface area contributed by atoms with Gasteiger partial charge in [0.2, 0.25) is 21.1 Å². The van der Waals surface area contributed by atoms with E-state index in [0.29, 0.717) is 18.1 Å². The van der Waals surface area contributed by atoms with Crippen LogP contribution >= 0.6 is 11.6 Å². The Morgan fingerprint density at radius 2 is 1.56 bits per heavy atom. The summed E-state index contributed by atoms with van der Waals surface area (Å²) < 4.78 is 26.8. The number of nitrogens with zero attached hydrogens (tertiary/aromatic N) is 2. The van der Waals surface area contributed by atoms with Gasteiger partial charge in [0.05, 0.1) is 4.90 Å². The van der Waals surface area contributed by atoms with Gasteiger partial charge < -0.3 is 15.1 Å². The highest BCUT2D eigenvalue weighted by atomic mass is 35.5. The van der Waals surface area contributed by atoms with Crippen molar-refractivity contribution in [1.82, 2.24) is 15.1 Å². The number of halogens is 1. The van der Waals surface area contributed by atoms with Crippen LogP contribution in [0.2, 0.25) is 5.02 Å². The molecule has 1 heterocycles. The molecule has 0 spiro atoms. The molecule has 0 unspecified atom stereocenters. The Balaban J connectivity index is 1.92. The van der Waals surface area contributed by atoms with E-state index < -0.39 is 27.0 Å². The zero-order valence-corrected chi connectivity index (χ0v) is 19.3. The molecule has 170 valence electrons. The third-order valence-electron chi connectivity index (χ3n) is 5.27. The largest absolute Gasteiger partial charge is 0.339 e. The molecule has 8 nitrogen and oxygen atoms in total. The SMILES string of the molecule is CC(=O)N1CCN(C(=O)[C@@H](NC(=O)c2cccc(Cl)c2)S(=O)(=O)c2ccc(C)cc2)CC1. The molecule has 0 saturated carbocycles. The lowest BCUT2D eigenvalue weighted by Crippen LogP contribution is -2.57. The van der Waals surface area contributed by atoms with Gasteiger partial charge in [-0.1, -0.05) is 35.4 Å². The quantitative estimate of drug-likeness (QED) is 0.708. The number of sulfone groups is 1. The van der Waals surface area contributed by atoms with Crippen LogP contribution in [0.3, 0.4) is 0 Å². The van der Waals surface area contributed by atoms with Crippen LogP contribution in [-0.4, -0.2) is 67.5 Å². The summed E-state index contributed by atoms with van der Waals surface area (Å²) in [5.41, 5.74) is 0.992. The minimum atomic E-state index is -4.25. The van der Waals surface area contributed by atoms with Crippen LogP contribution in [0.25, 0.3) is 0 Å². The second-order valence-corrected chi connectivity index (χ2v) is 10.0. The predicted molar refractivity (Wildman–Crippen MR) is 120 cm³/mol. The first-order valence-corrected chi connectivity index (χ1v) is 11.9. The molecule has 1 atom stereocenters. The molecule has 1 saturated heterocycles. The number of nitrogens with one attached hydrogen (secondary N) is 1. The minimum Gasteiger partial charge on any atom is -0.339 e. The Labute approximate surface area is 192 Å². The molecule has 3 amide bonds. The first-order chi connectivity index (χ1) is 15.1. The van der Waals surface area contributed by atoms with Crippen molar-refractivity contribution < 1.29 is 22.8 Å². The monoisotopic (exact) mass is 477 g/mol. The summed E-state index contributed by atoms with van der Waals surface area (Å²) in [7, 11) is -4.25. The third-order valence-corrected chi connectivity index (χ3v) is 7.37. The van der Waals surface area contributed by atoms with Crippen LogP contribution in [0.5, 0.6) is 0 Å². The summed E-state index contributed by atoms with van der Waals surface area (Å²) in [6, 6.07) is 12.1. The van der Waals surface area contributed by atoms with Gasteiger partial charge in [-0.15, -0.1) is 0 Å². The zero-order valence-electron chi connectivity index (χ0n) is 17.7. The fourth-order valence-electron chi connectivity index (χ4n) is 3.38. The van der Waals surface area contributed by atoms with Crippen molar-refractivity contribution in [3.63, 3.8) is 0 Å². The summed E-state index contributed by atoms with van der Waals surface area (Å²) in [4.78, 5) is 40.5. The van der Waals surface area contributed by atoms with Crippen LogP contribution in [0.4, 0.5) is 0 Å². The number of piperazine rings is 1. The molecule has 2 aromatic carbocycles. The third kappa shape index (κ3) is 5.28. The molecule has 1 fully saturated rings. The Morgan fingerprint density at radius 3 is 2.12 bits per heavy atom. The molecular weight excluding hydrogens is 454 g/mol. The topological polar surface area (TPSA) is 104 Å². The molecule has 0 aliphatic carbocycles. The van der Waals surface area contributed by atoms with E-state index in [1.54, 1.807) is 29.2 Å². The van der Waals surface area contributed by atoms with Crippen molar-refractivity contribution >= 4 is 39.2 Å². The molecule has 0 radical (unpaired) electrons. The van der Waals surface area contributed by atoms with Gasteiger partial charge in [0.1, 0.15) is 0 Å². The fourth-order valence-corrected chi connectivity index (χ4v) is 5.03. The van der Waals surface area contributed by atoms with Gasteiger partial charge in [0.25, 0.3) is 11.8 Å². The van der Waals surface area contributed by atoms with Gasteiger partial charge in [-0.05, 0) is 37.3 Å². The second-order valence-electron chi connectivity index (χ2n) is 7.55. The highest BCUT2D eigenvalue weighted by Crippen LogP contribution is 2.19. The van der Waals surface area contributed by atoms with Crippen molar-refractivity contribution in [1.29, 1.82) is 0 Å². The summed E-state index contributed by atoms with van der Waals surface area (Å²) in [6.07, 6.45) is 0. The lowest BCUT2D eigenvalue weighted by atomic mass is 10.2. The lowest BCUT2D eigenvalue weighted by Gasteiger charge is -2.36. The van der Waals surface area contributed by atoms with Crippen LogP contribution < -0.4 is 5.32 Å². The van der Waals surface area contributed by atoms with Crippen molar-refractivity contribution in [2.75, 3.05) is 26.2 Å². The Hall–Kier alpha value is -2.91. The number of hydrogen-bond donors (Lipinski definition) is 1. The number of carbonyl (C=O) groups is 3. The van der Waals surface area contributed by atoms with Gasteiger partial charge in [-0.2, -0.15) is 0 Å². The molecule has 10 heteroatoms. The van der Waals surface area contributed by atoms with Gasteiger partial charge in [0.15, 0.2) is 0 Å². The van der Waals surface area contributed by atoms with Crippen LogP contribution in [0, 0.1) is 6.92 Å². The lowest BCUT2D eigenvalue weighted by molar-refractivity contribution is -0.138. The minimum absolute atomic E-state index is 0.0739. The fraction of sp³-hybridized carbons (Fsp3) is 0.318. The van der Waals surface area contributed by atoms with E-state index in [2.05, 4.69) is 5.32 Å². The van der Waals surface area contributed by atoms with E-state index >= 15 is 0 Å². The van der Waals surface area contributed by atoms with E-state index in [1.165, 1.54) is 36.1 Å².